The van der Waals surface area contributed by atoms with Crippen molar-refractivity contribution < 1.29 is 8.78 Å². The number of nitrogens with one attached hydrogen (secondary N) is 1. The van der Waals surface area contributed by atoms with Crippen molar-refractivity contribution in [1.82, 2.24) is 19.9 Å². The van der Waals surface area contributed by atoms with E-state index in [1.807, 2.05) is 25.1 Å². The third kappa shape index (κ3) is 3.51. The molecule has 4 nitrogen and oxygen atoms in total. The fraction of sp³-hybridized carbons (Fsp3) is 0.300. The van der Waals surface area contributed by atoms with Gasteiger partial charge in [-0.3, -0.25) is 9.88 Å². The van der Waals surface area contributed by atoms with E-state index in [0.717, 1.165) is 61.3 Å². The topological polar surface area (TPSA) is 44.8 Å². The van der Waals surface area contributed by atoms with Crippen molar-refractivity contribution in [1.29, 1.82) is 0 Å². The van der Waals surface area contributed by atoms with E-state index in [0.29, 0.717) is 11.4 Å². The van der Waals surface area contributed by atoms with E-state index < -0.39 is 11.6 Å². The van der Waals surface area contributed by atoms with Crippen molar-refractivity contribution in [2.75, 3.05) is 13.1 Å². The Kier molecular flexibility index (Phi) is 4.51. The molecule has 3 aromatic rings. The Morgan fingerprint density at radius 1 is 1.15 bits per heavy atom. The van der Waals surface area contributed by atoms with Crippen LogP contribution < -0.4 is 0 Å². The highest BCUT2D eigenvalue weighted by molar-refractivity contribution is 5.57. The first-order valence-corrected chi connectivity index (χ1v) is 8.76. The first kappa shape index (κ1) is 16.8. The third-order valence-electron chi connectivity index (χ3n) is 4.73. The lowest BCUT2D eigenvalue weighted by molar-refractivity contribution is 0.252. The van der Waals surface area contributed by atoms with Crippen LogP contribution in [-0.4, -0.2) is 32.9 Å². The second-order valence-corrected chi connectivity index (χ2v) is 6.68. The highest BCUT2D eigenvalue weighted by atomic mass is 19.1. The van der Waals surface area contributed by atoms with Gasteiger partial charge in [0.05, 0.1) is 17.0 Å². The van der Waals surface area contributed by atoms with Crippen LogP contribution >= 0.6 is 0 Å². The average Bonchev–Trinajstić information content (AvgIpc) is 3.03. The molecule has 0 unspecified atom stereocenters. The van der Waals surface area contributed by atoms with Gasteiger partial charge in [0.25, 0.3) is 0 Å². The van der Waals surface area contributed by atoms with Crippen molar-refractivity contribution in [3.8, 4) is 11.4 Å². The lowest BCUT2D eigenvalue weighted by atomic mass is 10.1. The van der Waals surface area contributed by atoms with Crippen molar-refractivity contribution in [3.05, 3.63) is 70.8 Å². The maximum atomic E-state index is 14.0. The summed E-state index contributed by atoms with van der Waals surface area (Å²) in [5.41, 5.74) is 4.40. The van der Waals surface area contributed by atoms with Gasteiger partial charge in [0.1, 0.15) is 17.5 Å². The zero-order chi connectivity index (χ0) is 18.1. The number of halogens is 2. The number of hydrogen-bond donors (Lipinski definition) is 1. The van der Waals surface area contributed by atoms with Gasteiger partial charge in [0.2, 0.25) is 0 Å². The molecule has 0 bridgehead atoms. The molecule has 1 aliphatic heterocycles. The normalized spacial score (nSPS) is 14.4. The summed E-state index contributed by atoms with van der Waals surface area (Å²) in [7, 11) is 0. The van der Waals surface area contributed by atoms with E-state index >= 15 is 0 Å². The fourth-order valence-corrected chi connectivity index (χ4v) is 3.36. The van der Waals surface area contributed by atoms with Crippen LogP contribution in [-0.2, 0) is 19.4 Å². The molecule has 0 aliphatic carbocycles. The summed E-state index contributed by atoms with van der Waals surface area (Å²) in [5.74, 6) is -0.716. The zero-order valence-electron chi connectivity index (χ0n) is 14.6. The summed E-state index contributed by atoms with van der Waals surface area (Å²) >= 11 is 0. The Morgan fingerprint density at radius 3 is 2.85 bits per heavy atom. The minimum atomic E-state index is -0.599. The number of pyridine rings is 1. The zero-order valence-corrected chi connectivity index (χ0v) is 14.6. The van der Waals surface area contributed by atoms with Gasteiger partial charge >= 0.3 is 0 Å². The fourth-order valence-electron chi connectivity index (χ4n) is 3.36. The quantitative estimate of drug-likeness (QED) is 0.778. The Hall–Kier alpha value is -2.60. The minimum absolute atomic E-state index is 0.302. The highest BCUT2D eigenvalue weighted by Gasteiger charge is 2.21. The first-order chi connectivity index (χ1) is 12.6. The van der Waals surface area contributed by atoms with Gasteiger partial charge in [-0.05, 0) is 31.2 Å². The number of aromatic nitrogens is 3. The van der Waals surface area contributed by atoms with Crippen LogP contribution in [0, 0.1) is 18.6 Å². The van der Waals surface area contributed by atoms with Gasteiger partial charge in [-0.2, -0.15) is 0 Å². The van der Waals surface area contributed by atoms with Crippen molar-refractivity contribution in [3.63, 3.8) is 0 Å². The lowest BCUT2D eigenvalue weighted by Gasteiger charge is -2.25. The number of benzene rings is 1. The van der Waals surface area contributed by atoms with Crippen molar-refractivity contribution >= 4 is 0 Å². The number of aromatic amines is 1. The summed E-state index contributed by atoms with van der Waals surface area (Å²) in [5, 5.41) is 0. The maximum absolute atomic E-state index is 14.0. The molecular formula is C20H20F2N4. The Morgan fingerprint density at radius 2 is 2.04 bits per heavy atom. The number of hydrogen-bond acceptors (Lipinski definition) is 3. The van der Waals surface area contributed by atoms with Gasteiger partial charge in [0, 0.05) is 49.9 Å². The molecule has 1 aliphatic rings. The molecule has 1 aromatic carbocycles. The number of fused-ring (bicyclic) bond motifs is 1. The van der Waals surface area contributed by atoms with Crippen molar-refractivity contribution in [2.45, 2.75) is 26.3 Å². The van der Waals surface area contributed by atoms with E-state index in [-0.39, 0.29) is 0 Å². The molecule has 2 aromatic heterocycles. The van der Waals surface area contributed by atoms with Gasteiger partial charge in [0.15, 0.2) is 0 Å². The highest BCUT2D eigenvalue weighted by Crippen LogP contribution is 2.25. The third-order valence-corrected chi connectivity index (χ3v) is 4.73. The largest absolute Gasteiger partial charge is 0.340 e. The maximum Gasteiger partial charge on any atom is 0.140 e. The smallest absolute Gasteiger partial charge is 0.140 e. The lowest BCUT2D eigenvalue weighted by Crippen LogP contribution is -2.32. The molecule has 26 heavy (non-hydrogen) atoms. The van der Waals surface area contributed by atoms with Crippen LogP contribution in [0.2, 0.25) is 0 Å². The summed E-state index contributed by atoms with van der Waals surface area (Å²) in [4.78, 5) is 14.6. The van der Waals surface area contributed by atoms with Crippen LogP contribution in [0.1, 0.15) is 22.8 Å². The second-order valence-electron chi connectivity index (χ2n) is 6.68. The average molecular weight is 354 g/mol. The number of rotatable bonds is 4. The van der Waals surface area contributed by atoms with Crippen molar-refractivity contribution in [2.24, 2.45) is 0 Å². The van der Waals surface area contributed by atoms with E-state index in [1.54, 1.807) is 0 Å². The predicted molar refractivity (Wildman–Crippen MR) is 95.6 cm³/mol. The van der Waals surface area contributed by atoms with Gasteiger partial charge < -0.3 is 4.98 Å². The molecule has 1 N–H and O–H groups in total. The Bertz CT molecular complexity index is 935. The number of aryl methyl sites for hydroxylation is 1. The predicted octanol–water partition coefficient (Wildman–Crippen LogP) is 3.66. The Labute approximate surface area is 150 Å². The molecule has 0 amide bonds. The SMILES string of the molecule is Cc1cccc(CCN2CCc3nc(-c4ccc(F)cc4F)[nH]c3C2)n1. The summed E-state index contributed by atoms with van der Waals surface area (Å²) in [6, 6.07) is 9.64. The molecule has 0 saturated carbocycles. The molecular weight excluding hydrogens is 334 g/mol. The summed E-state index contributed by atoms with van der Waals surface area (Å²) < 4.78 is 27.1. The molecule has 3 heterocycles. The minimum Gasteiger partial charge on any atom is -0.340 e. The molecule has 4 rings (SSSR count). The Balaban J connectivity index is 1.46. The molecule has 0 atom stereocenters. The standard InChI is InChI=1S/C20H20F2N4/c1-13-3-2-4-15(23-13)7-9-26-10-8-18-19(12-26)25-20(24-18)16-6-5-14(21)11-17(16)22/h2-6,11H,7-10,12H2,1H3,(H,24,25). The van der Waals surface area contributed by atoms with Crippen LogP contribution in [0.25, 0.3) is 11.4 Å². The molecule has 0 fully saturated rings. The van der Waals surface area contributed by atoms with Gasteiger partial charge in [-0.15, -0.1) is 0 Å². The van der Waals surface area contributed by atoms with E-state index in [1.165, 1.54) is 12.1 Å². The monoisotopic (exact) mass is 354 g/mol. The van der Waals surface area contributed by atoms with E-state index in [4.69, 9.17) is 0 Å². The summed E-state index contributed by atoms with van der Waals surface area (Å²) in [6.07, 6.45) is 1.71. The second kappa shape index (κ2) is 6.96. The molecule has 6 heteroatoms. The summed E-state index contributed by atoms with van der Waals surface area (Å²) in [6.45, 7) is 4.57. The van der Waals surface area contributed by atoms with Gasteiger partial charge in [-0.1, -0.05) is 6.07 Å². The number of H-pyrrole nitrogens is 1. The van der Waals surface area contributed by atoms with Crippen LogP contribution in [0.5, 0.6) is 0 Å². The number of imidazole rings is 1. The molecule has 134 valence electrons. The number of nitrogens with zero attached hydrogens (tertiary/aromatic N) is 3. The first-order valence-electron chi connectivity index (χ1n) is 8.76. The van der Waals surface area contributed by atoms with Gasteiger partial charge in [-0.25, -0.2) is 13.8 Å². The molecule has 0 spiro atoms. The molecule has 0 radical (unpaired) electrons. The van der Waals surface area contributed by atoms with E-state index in [9.17, 15) is 8.78 Å². The molecule has 0 saturated heterocycles. The van der Waals surface area contributed by atoms with Crippen LogP contribution in [0.15, 0.2) is 36.4 Å². The van der Waals surface area contributed by atoms with Crippen LogP contribution in [0.3, 0.4) is 0 Å². The van der Waals surface area contributed by atoms with E-state index in [2.05, 4.69) is 19.9 Å². The van der Waals surface area contributed by atoms with Crippen LogP contribution in [0.4, 0.5) is 8.78 Å².